The summed E-state index contributed by atoms with van der Waals surface area (Å²) in [6.07, 6.45) is 0.619. The maximum absolute atomic E-state index is 10.1. The van der Waals surface area contributed by atoms with E-state index in [0.717, 1.165) is 19.8 Å². The minimum absolute atomic E-state index is 0.193. The van der Waals surface area contributed by atoms with Crippen LogP contribution in [0.2, 0.25) is 0 Å². The van der Waals surface area contributed by atoms with Gasteiger partial charge in [0.25, 0.3) is 0 Å². The van der Waals surface area contributed by atoms with Crippen LogP contribution in [-0.2, 0) is 23.7 Å². The second-order valence-corrected chi connectivity index (χ2v) is 3.17. The van der Waals surface area contributed by atoms with E-state index in [-0.39, 0.29) is 12.1 Å². The summed E-state index contributed by atoms with van der Waals surface area (Å²) in [5, 5.41) is 0. The van der Waals surface area contributed by atoms with Gasteiger partial charge in [0.15, 0.2) is 0 Å². The fourth-order valence-corrected chi connectivity index (χ4v) is 0.725. The van der Waals surface area contributed by atoms with Crippen LogP contribution in [0.4, 0.5) is 0 Å². The van der Waals surface area contributed by atoms with Gasteiger partial charge in [0.05, 0.1) is 19.8 Å². The maximum Gasteiger partial charge on any atom is 0.302 e. The number of epoxide rings is 2. The largest absolute Gasteiger partial charge is 0.463 e. The van der Waals surface area contributed by atoms with Crippen molar-refractivity contribution in [3.63, 3.8) is 0 Å². The molecule has 5 nitrogen and oxygen atoms in total. The van der Waals surface area contributed by atoms with Gasteiger partial charge in [0, 0.05) is 14.0 Å². The highest BCUT2D eigenvalue weighted by molar-refractivity contribution is 5.65. The molecule has 14 heavy (non-hydrogen) atoms. The van der Waals surface area contributed by atoms with Gasteiger partial charge < -0.3 is 18.9 Å². The number of hydrogen-bond acceptors (Lipinski definition) is 5. The van der Waals surface area contributed by atoms with E-state index in [2.05, 4.69) is 4.74 Å². The Morgan fingerprint density at radius 3 is 2.07 bits per heavy atom. The lowest BCUT2D eigenvalue weighted by Gasteiger charge is -1.93. The van der Waals surface area contributed by atoms with E-state index in [0.29, 0.717) is 12.7 Å². The number of carbonyl (C=O) groups is 1. The first kappa shape index (κ1) is 11.4. The Labute approximate surface area is 83.3 Å². The number of hydrogen-bond donors (Lipinski definition) is 0. The third-order valence-electron chi connectivity index (χ3n) is 1.63. The first-order chi connectivity index (χ1) is 6.72. The van der Waals surface area contributed by atoms with E-state index in [1.165, 1.54) is 6.92 Å². The fraction of sp³-hybridized carbons (Fsp3) is 0.889. The van der Waals surface area contributed by atoms with E-state index >= 15 is 0 Å². The van der Waals surface area contributed by atoms with Gasteiger partial charge in [-0.2, -0.15) is 0 Å². The molecule has 0 aromatic rings. The molecule has 2 aliphatic heterocycles. The Morgan fingerprint density at radius 2 is 1.79 bits per heavy atom. The van der Waals surface area contributed by atoms with Crippen LogP contribution in [0.25, 0.3) is 0 Å². The zero-order valence-electron chi connectivity index (χ0n) is 8.52. The van der Waals surface area contributed by atoms with Gasteiger partial charge in [-0.1, -0.05) is 0 Å². The topological polar surface area (TPSA) is 60.6 Å². The molecule has 2 rings (SSSR count). The SMILES string of the molecule is CC(=O)OCC1CO1.COCC1CO1. The Hall–Kier alpha value is -0.650. The summed E-state index contributed by atoms with van der Waals surface area (Å²) in [4.78, 5) is 10.1. The van der Waals surface area contributed by atoms with E-state index in [1.807, 2.05) is 0 Å². The Morgan fingerprint density at radius 1 is 1.29 bits per heavy atom. The predicted octanol–water partition coefficient (Wildman–Crippen LogP) is -0.0201. The van der Waals surface area contributed by atoms with Crippen molar-refractivity contribution in [2.45, 2.75) is 19.1 Å². The predicted molar refractivity (Wildman–Crippen MR) is 48.0 cm³/mol. The summed E-state index contributed by atoms with van der Waals surface area (Å²) >= 11 is 0. The summed E-state index contributed by atoms with van der Waals surface area (Å²) in [6.45, 7) is 4.22. The van der Waals surface area contributed by atoms with Gasteiger partial charge in [-0.25, -0.2) is 0 Å². The van der Waals surface area contributed by atoms with Crippen LogP contribution in [0, 0.1) is 0 Å². The Balaban J connectivity index is 0.000000146. The zero-order valence-corrected chi connectivity index (χ0v) is 8.52. The molecule has 0 aromatic carbocycles. The van der Waals surface area contributed by atoms with Crippen LogP contribution in [-0.4, -0.2) is 51.7 Å². The molecule has 0 N–H and O–H groups in total. The minimum atomic E-state index is -0.236. The van der Waals surface area contributed by atoms with Crippen molar-refractivity contribution >= 4 is 5.97 Å². The van der Waals surface area contributed by atoms with Crippen molar-refractivity contribution in [1.82, 2.24) is 0 Å². The van der Waals surface area contributed by atoms with Crippen molar-refractivity contribution in [2.24, 2.45) is 0 Å². The molecule has 2 heterocycles. The highest BCUT2D eigenvalue weighted by Gasteiger charge is 2.23. The molecule has 0 amide bonds. The first-order valence-electron chi connectivity index (χ1n) is 4.58. The molecule has 2 atom stereocenters. The van der Waals surface area contributed by atoms with Crippen LogP contribution >= 0.6 is 0 Å². The molecule has 5 heteroatoms. The van der Waals surface area contributed by atoms with Crippen LogP contribution in [0.3, 0.4) is 0 Å². The molecular weight excluding hydrogens is 188 g/mol. The van der Waals surface area contributed by atoms with E-state index in [9.17, 15) is 4.79 Å². The number of esters is 1. The monoisotopic (exact) mass is 204 g/mol. The van der Waals surface area contributed by atoms with Crippen molar-refractivity contribution in [2.75, 3.05) is 33.5 Å². The third-order valence-corrected chi connectivity index (χ3v) is 1.63. The highest BCUT2D eigenvalue weighted by Crippen LogP contribution is 2.08. The second kappa shape index (κ2) is 5.95. The third kappa shape index (κ3) is 6.82. The molecule has 2 aliphatic rings. The molecular formula is C9H16O5. The molecule has 0 spiro atoms. The van der Waals surface area contributed by atoms with Crippen LogP contribution < -0.4 is 0 Å². The lowest BCUT2D eigenvalue weighted by molar-refractivity contribution is -0.141. The number of rotatable bonds is 4. The van der Waals surface area contributed by atoms with Gasteiger partial charge in [-0.05, 0) is 0 Å². The van der Waals surface area contributed by atoms with Crippen molar-refractivity contribution in [1.29, 1.82) is 0 Å². The minimum Gasteiger partial charge on any atom is -0.463 e. The average Bonchev–Trinajstić information content (AvgIpc) is 2.99. The van der Waals surface area contributed by atoms with Gasteiger partial charge in [0.1, 0.15) is 18.8 Å². The van der Waals surface area contributed by atoms with Crippen molar-refractivity contribution < 1.29 is 23.7 Å². The number of ether oxygens (including phenoxy) is 4. The molecule has 0 saturated carbocycles. The smallest absolute Gasteiger partial charge is 0.302 e. The Bertz CT molecular complexity index is 174. The van der Waals surface area contributed by atoms with Crippen LogP contribution in [0.1, 0.15) is 6.92 Å². The van der Waals surface area contributed by atoms with Crippen molar-refractivity contribution in [3.8, 4) is 0 Å². The fourth-order valence-electron chi connectivity index (χ4n) is 0.725. The Kier molecular flexibility index (Phi) is 4.86. The number of methoxy groups -OCH3 is 1. The number of carbonyl (C=O) groups excluding carboxylic acids is 1. The van der Waals surface area contributed by atoms with Crippen molar-refractivity contribution in [3.05, 3.63) is 0 Å². The van der Waals surface area contributed by atoms with Crippen LogP contribution in [0.15, 0.2) is 0 Å². The van der Waals surface area contributed by atoms with E-state index < -0.39 is 0 Å². The normalized spacial score (nSPS) is 27.3. The van der Waals surface area contributed by atoms with Gasteiger partial charge in [-0.15, -0.1) is 0 Å². The van der Waals surface area contributed by atoms with Gasteiger partial charge in [-0.3, -0.25) is 4.79 Å². The molecule has 0 aliphatic carbocycles. The molecule has 2 fully saturated rings. The van der Waals surface area contributed by atoms with Gasteiger partial charge >= 0.3 is 5.97 Å². The molecule has 0 bridgehead atoms. The lowest BCUT2D eigenvalue weighted by Crippen LogP contribution is -2.05. The highest BCUT2D eigenvalue weighted by atomic mass is 16.6. The first-order valence-corrected chi connectivity index (χ1v) is 4.58. The van der Waals surface area contributed by atoms with E-state index in [4.69, 9.17) is 14.2 Å². The standard InChI is InChI=1S/C5H8O3.C4H8O2/c1-4(6)7-2-5-3-8-5;1-5-2-4-3-6-4/h5H,2-3H2,1H3;4H,2-3H2,1H3. The average molecular weight is 204 g/mol. The summed E-state index contributed by atoms with van der Waals surface area (Å²) in [6, 6.07) is 0. The van der Waals surface area contributed by atoms with Gasteiger partial charge in [0.2, 0.25) is 0 Å². The summed E-state index contributed by atoms with van der Waals surface area (Å²) < 4.78 is 18.9. The molecule has 82 valence electrons. The molecule has 2 saturated heterocycles. The second-order valence-electron chi connectivity index (χ2n) is 3.17. The summed E-state index contributed by atoms with van der Waals surface area (Å²) in [5.41, 5.74) is 0. The van der Waals surface area contributed by atoms with Crippen LogP contribution in [0.5, 0.6) is 0 Å². The zero-order chi connectivity index (χ0) is 10.4. The lowest BCUT2D eigenvalue weighted by atomic mass is 10.5. The quantitative estimate of drug-likeness (QED) is 0.475. The van der Waals surface area contributed by atoms with E-state index in [1.54, 1.807) is 7.11 Å². The molecule has 0 aromatic heterocycles. The maximum atomic E-state index is 10.1. The summed E-state index contributed by atoms with van der Waals surface area (Å²) in [5.74, 6) is -0.236. The molecule has 0 radical (unpaired) electrons. The summed E-state index contributed by atoms with van der Waals surface area (Å²) in [7, 11) is 1.68. The molecule has 2 unspecified atom stereocenters.